The molecule has 0 heterocycles. The fraction of sp³-hybridized carbons (Fsp3) is 0.333. The Morgan fingerprint density at radius 2 is 2.11 bits per heavy atom. The fourth-order valence-electron chi connectivity index (χ4n) is 1.46. The third-order valence-corrected chi connectivity index (χ3v) is 3.12. The molecule has 1 aromatic carbocycles. The van der Waals surface area contributed by atoms with E-state index in [2.05, 4.69) is 26.0 Å². The molecule has 0 aliphatic heterocycles. The second-order valence-electron chi connectivity index (χ2n) is 3.60. The van der Waals surface area contributed by atoms with Gasteiger partial charge in [-0.25, -0.2) is 4.79 Å². The third kappa shape index (κ3) is 4.12. The lowest BCUT2D eigenvalue weighted by molar-refractivity contribution is -0.145. The van der Waals surface area contributed by atoms with Crippen LogP contribution in [0.4, 0.5) is 0 Å². The molecule has 1 amide bonds. The predicted molar refractivity (Wildman–Crippen MR) is 68.9 cm³/mol. The molecular weight excluding hydrogens is 302 g/mol. The highest BCUT2D eigenvalue weighted by atomic mass is 79.9. The molecule has 0 aliphatic carbocycles. The number of halogens is 1. The van der Waals surface area contributed by atoms with Crippen molar-refractivity contribution < 1.29 is 19.4 Å². The molecule has 0 saturated carbocycles. The van der Waals surface area contributed by atoms with Gasteiger partial charge >= 0.3 is 5.97 Å². The van der Waals surface area contributed by atoms with Gasteiger partial charge in [-0.15, -0.1) is 0 Å². The SMILES string of the molecule is COC(=O)[C@H](Cc1ccccc1Br)NC(=O)CO. The van der Waals surface area contributed by atoms with E-state index in [1.165, 1.54) is 7.11 Å². The van der Waals surface area contributed by atoms with E-state index >= 15 is 0 Å². The molecule has 0 spiro atoms. The number of methoxy groups -OCH3 is 1. The number of benzene rings is 1. The van der Waals surface area contributed by atoms with Gasteiger partial charge < -0.3 is 15.2 Å². The standard InChI is InChI=1S/C12H14BrNO4/c1-18-12(17)10(14-11(16)7-15)6-8-4-2-3-5-9(8)13/h2-5,10,15H,6-7H2,1H3,(H,14,16)/t10-/m0/s1. The molecule has 0 radical (unpaired) electrons. The molecule has 1 rings (SSSR count). The summed E-state index contributed by atoms with van der Waals surface area (Å²) in [6.45, 7) is -0.663. The van der Waals surface area contributed by atoms with Gasteiger partial charge in [0, 0.05) is 10.9 Å². The number of amides is 1. The lowest BCUT2D eigenvalue weighted by atomic mass is 10.1. The normalized spacial score (nSPS) is 11.7. The van der Waals surface area contributed by atoms with E-state index in [4.69, 9.17) is 5.11 Å². The second-order valence-corrected chi connectivity index (χ2v) is 4.45. The number of rotatable bonds is 5. The van der Waals surface area contributed by atoms with Gasteiger partial charge in [-0.05, 0) is 11.6 Å². The minimum Gasteiger partial charge on any atom is -0.467 e. The quantitative estimate of drug-likeness (QED) is 0.782. The first-order valence-corrected chi connectivity index (χ1v) is 6.09. The van der Waals surface area contributed by atoms with E-state index in [1.54, 1.807) is 0 Å². The van der Waals surface area contributed by atoms with Crippen LogP contribution in [0.1, 0.15) is 5.56 Å². The summed E-state index contributed by atoms with van der Waals surface area (Å²) in [4.78, 5) is 22.7. The van der Waals surface area contributed by atoms with Crippen LogP contribution in [0.3, 0.4) is 0 Å². The number of aliphatic hydroxyl groups excluding tert-OH is 1. The Morgan fingerprint density at radius 1 is 1.44 bits per heavy atom. The van der Waals surface area contributed by atoms with E-state index in [0.717, 1.165) is 10.0 Å². The number of nitrogens with one attached hydrogen (secondary N) is 1. The minimum atomic E-state index is -0.812. The number of hydrogen-bond acceptors (Lipinski definition) is 4. The van der Waals surface area contributed by atoms with Crippen LogP contribution in [0.15, 0.2) is 28.7 Å². The molecule has 98 valence electrons. The Balaban J connectivity index is 2.82. The average molecular weight is 316 g/mol. The molecular formula is C12H14BrNO4. The smallest absolute Gasteiger partial charge is 0.328 e. The molecule has 0 saturated heterocycles. The Kier molecular flexibility index (Phi) is 5.80. The highest BCUT2D eigenvalue weighted by Gasteiger charge is 2.22. The van der Waals surface area contributed by atoms with Crippen molar-refractivity contribution in [3.05, 3.63) is 34.3 Å². The Bertz CT molecular complexity index is 436. The van der Waals surface area contributed by atoms with Crippen molar-refractivity contribution in [2.24, 2.45) is 0 Å². The van der Waals surface area contributed by atoms with E-state index in [1.807, 2.05) is 24.3 Å². The summed E-state index contributed by atoms with van der Waals surface area (Å²) in [6, 6.07) is 6.56. The summed E-state index contributed by atoms with van der Waals surface area (Å²) < 4.78 is 5.46. The van der Waals surface area contributed by atoms with Gasteiger partial charge in [-0.3, -0.25) is 4.79 Å². The number of ether oxygens (including phenoxy) is 1. The average Bonchev–Trinajstić information content (AvgIpc) is 2.39. The molecule has 0 bridgehead atoms. The van der Waals surface area contributed by atoms with Crippen LogP contribution in [-0.4, -0.2) is 36.7 Å². The van der Waals surface area contributed by atoms with Crippen LogP contribution in [-0.2, 0) is 20.7 Å². The molecule has 6 heteroatoms. The zero-order chi connectivity index (χ0) is 13.5. The summed E-state index contributed by atoms with van der Waals surface area (Å²) in [7, 11) is 1.25. The Hall–Kier alpha value is -1.40. The number of aliphatic hydroxyl groups is 1. The molecule has 0 aliphatic rings. The lowest BCUT2D eigenvalue weighted by Gasteiger charge is -2.16. The lowest BCUT2D eigenvalue weighted by Crippen LogP contribution is -2.44. The summed E-state index contributed by atoms with van der Waals surface area (Å²) in [5.74, 6) is -1.16. The fourth-order valence-corrected chi connectivity index (χ4v) is 1.91. The highest BCUT2D eigenvalue weighted by Crippen LogP contribution is 2.17. The largest absolute Gasteiger partial charge is 0.467 e. The van der Waals surface area contributed by atoms with Crippen molar-refractivity contribution in [2.45, 2.75) is 12.5 Å². The maximum Gasteiger partial charge on any atom is 0.328 e. The molecule has 1 atom stereocenters. The van der Waals surface area contributed by atoms with Crippen molar-refractivity contribution in [3.8, 4) is 0 Å². The summed E-state index contributed by atoms with van der Waals surface area (Å²) in [5, 5.41) is 11.1. The molecule has 0 fully saturated rings. The summed E-state index contributed by atoms with van der Waals surface area (Å²) in [6.07, 6.45) is 0.292. The Labute approximate surface area is 113 Å². The van der Waals surface area contributed by atoms with Gasteiger partial charge in [0.15, 0.2) is 0 Å². The second kappa shape index (κ2) is 7.13. The number of hydrogen-bond donors (Lipinski definition) is 2. The van der Waals surface area contributed by atoms with Gasteiger partial charge in [0.2, 0.25) is 5.91 Å². The molecule has 1 aromatic rings. The van der Waals surface area contributed by atoms with Crippen molar-refractivity contribution >= 4 is 27.8 Å². The van der Waals surface area contributed by atoms with E-state index in [0.29, 0.717) is 6.42 Å². The topological polar surface area (TPSA) is 75.6 Å². The van der Waals surface area contributed by atoms with Gasteiger partial charge in [0.05, 0.1) is 7.11 Å². The number of esters is 1. The van der Waals surface area contributed by atoms with E-state index in [9.17, 15) is 9.59 Å². The van der Waals surface area contributed by atoms with Crippen molar-refractivity contribution in [1.82, 2.24) is 5.32 Å². The van der Waals surface area contributed by atoms with E-state index in [-0.39, 0.29) is 0 Å². The first-order valence-electron chi connectivity index (χ1n) is 5.30. The number of carbonyl (C=O) groups is 2. The van der Waals surface area contributed by atoms with Crippen molar-refractivity contribution in [1.29, 1.82) is 0 Å². The predicted octanol–water partition coefficient (Wildman–Crippen LogP) is 0.642. The summed E-state index contributed by atoms with van der Waals surface area (Å²) >= 11 is 3.36. The van der Waals surface area contributed by atoms with Gasteiger partial charge in [0.1, 0.15) is 12.6 Å². The Morgan fingerprint density at radius 3 is 2.67 bits per heavy atom. The van der Waals surface area contributed by atoms with Crippen molar-refractivity contribution in [3.63, 3.8) is 0 Å². The molecule has 5 nitrogen and oxygen atoms in total. The first kappa shape index (κ1) is 14.7. The highest BCUT2D eigenvalue weighted by molar-refractivity contribution is 9.10. The van der Waals surface area contributed by atoms with Crippen LogP contribution in [0.2, 0.25) is 0 Å². The first-order chi connectivity index (χ1) is 8.58. The van der Waals surface area contributed by atoms with Crippen LogP contribution >= 0.6 is 15.9 Å². The molecule has 2 N–H and O–H groups in total. The molecule has 18 heavy (non-hydrogen) atoms. The third-order valence-electron chi connectivity index (χ3n) is 2.35. The van der Waals surface area contributed by atoms with Crippen LogP contribution in [0, 0.1) is 0 Å². The zero-order valence-electron chi connectivity index (χ0n) is 9.85. The zero-order valence-corrected chi connectivity index (χ0v) is 11.4. The van der Waals surface area contributed by atoms with Crippen molar-refractivity contribution in [2.75, 3.05) is 13.7 Å². The maximum atomic E-state index is 11.5. The summed E-state index contributed by atoms with van der Waals surface area (Å²) in [5.41, 5.74) is 0.867. The maximum absolute atomic E-state index is 11.5. The van der Waals surface area contributed by atoms with Gasteiger partial charge in [-0.2, -0.15) is 0 Å². The molecule has 0 aromatic heterocycles. The van der Waals surface area contributed by atoms with Crippen LogP contribution in [0.5, 0.6) is 0 Å². The minimum absolute atomic E-state index is 0.292. The van der Waals surface area contributed by atoms with E-state index < -0.39 is 24.5 Å². The van der Waals surface area contributed by atoms with Gasteiger partial charge in [0.25, 0.3) is 0 Å². The van der Waals surface area contributed by atoms with Crippen LogP contribution in [0.25, 0.3) is 0 Å². The molecule has 0 unspecified atom stereocenters. The van der Waals surface area contributed by atoms with Gasteiger partial charge in [-0.1, -0.05) is 34.1 Å². The number of carbonyl (C=O) groups excluding carboxylic acids is 2. The van der Waals surface area contributed by atoms with Crippen LogP contribution < -0.4 is 5.32 Å². The monoisotopic (exact) mass is 315 g/mol.